The Labute approximate surface area is 159 Å². The standard InChI is InChI=1S/C22H25FN2O2/c23-20-5-2-6-21(12-20)27-15-16-3-1-4-17(11-16)22(26)25-9-7-18-13-24-14-19(18)8-10-25/h1-6,11-12,18-19,24H,7-10,13-15H2/t18-,19+. The van der Waals surface area contributed by atoms with Crippen LogP contribution in [0.25, 0.3) is 0 Å². The van der Waals surface area contributed by atoms with Crippen LogP contribution in [0, 0.1) is 17.7 Å². The van der Waals surface area contributed by atoms with Crippen LogP contribution >= 0.6 is 0 Å². The Balaban J connectivity index is 1.40. The van der Waals surface area contributed by atoms with Gasteiger partial charge in [-0.1, -0.05) is 18.2 Å². The predicted molar refractivity (Wildman–Crippen MR) is 102 cm³/mol. The van der Waals surface area contributed by atoms with E-state index >= 15 is 0 Å². The van der Waals surface area contributed by atoms with Crippen molar-refractivity contribution in [2.24, 2.45) is 11.8 Å². The first-order valence-electron chi connectivity index (χ1n) is 9.66. The van der Waals surface area contributed by atoms with Gasteiger partial charge < -0.3 is 15.0 Å². The Bertz CT molecular complexity index is 796. The molecule has 0 bridgehead atoms. The number of carbonyl (C=O) groups is 1. The van der Waals surface area contributed by atoms with Crippen molar-refractivity contribution in [1.29, 1.82) is 0 Å². The third-order valence-electron chi connectivity index (χ3n) is 5.68. The monoisotopic (exact) mass is 368 g/mol. The minimum Gasteiger partial charge on any atom is -0.489 e. The smallest absolute Gasteiger partial charge is 0.253 e. The second-order valence-electron chi connectivity index (χ2n) is 7.49. The average Bonchev–Trinajstić information content (AvgIpc) is 3.04. The number of benzene rings is 2. The second kappa shape index (κ2) is 8.09. The molecule has 2 heterocycles. The maximum atomic E-state index is 13.3. The quantitative estimate of drug-likeness (QED) is 0.898. The summed E-state index contributed by atoms with van der Waals surface area (Å²) >= 11 is 0. The number of hydrogen-bond donors (Lipinski definition) is 1. The molecule has 2 aliphatic heterocycles. The molecule has 0 aliphatic carbocycles. The Morgan fingerprint density at radius 3 is 2.56 bits per heavy atom. The van der Waals surface area contributed by atoms with E-state index in [9.17, 15) is 9.18 Å². The maximum absolute atomic E-state index is 13.3. The molecule has 1 N–H and O–H groups in total. The van der Waals surface area contributed by atoms with Gasteiger partial charge in [0, 0.05) is 24.7 Å². The number of nitrogens with zero attached hydrogens (tertiary/aromatic N) is 1. The summed E-state index contributed by atoms with van der Waals surface area (Å²) in [6.45, 7) is 4.12. The highest BCUT2D eigenvalue weighted by atomic mass is 19.1. The minimum absolute atomic E-state index is 0.0931. The van der Waals surface area contributed by atoms with Crippen molar-refractivity contribution in [2.75, 3.05) is 26.2 Å². The van der Waals surface area contributed by atoms with Gasteiger partial charge in [0.05, 0.1) is 0 Å². The van der Waals surface area contributed by atoms with Crippen LogP contribution in [0.2, 0.25) is 0 Å². The summed E-state index contributed by atoms with van der Waals surface area (Å²) in [5.41, 5.74) is 1.60. The van der Waals surface area contributed by atoms with Crippen LogP contribution in [0.1, 0.15) is 28.8 Å². The van der Waals surface area contributed by atoms with Crippen molar-refractivity contribution in [2.45, 2.75) is 19.4 Å². The first kappa shape index (κ1) is 18.0. The SMILES string of the molecule is O=C(c1cccc(COc2cccc(F)c2)c1)N1CC[C@@H]2CNC[C@@H]2CC1. The second-order valence-corrected chi connectivity index (χ2v) is 7.49. The molecule has 2 aliphatic rings. The Morgan fingerprint density at radius 1 is 1.07 bits per heavy atom. The van der Waals surface area contributed by atoms with Crippen LogP contribution in [-0.2, 0) is 6.61 Å². The van der Waals surface area contributed by atoms with Gasteiger partial charge in [0.1, 0.15) is 18.2 Å². The van der Waals surface area contributed by atoms with Crippen molar-refractivity contribution < 1.29 is 13.9 Å². The highest BCUT2D eigenvalue weighted by Crippen LogP contribution is 2.27. The number of halogens is 1. The number of amides is 1. The summed E-state index contributed by atoms with van der Waals surface area (Å²) in [6.07, 6.45) is 2.15. The first-order valence-corrected chi connectivity index (χ1v) is 9.66. The predicted octanol–water partition coefficient (Wildman–Crippen LogP) is 3.48. The summed E-state index contributed by atoms with van der Waals surface area (Å²) in [7, 11) is 0. The molecule has 2 atom stereocenters. The topological polar surface area (TPSA) is 41.6 Å². The van der Waals surface area contributed by atoms with Crippen molar-refractivity contribution in [3.8, 4) is 5.75 Å². The summed E-state index contributed by atoms with van der Waals surface area (Å²) in [5, 5.41) is 3.47. The van der Waals surface area contributed by atoms with Gasteiger partial charge in [0.25, 0.3) is 5.91 Å². The Hall–Kier alpha value is -2.40. The van der Waals surface area contributed by atoms with Gasteiger partial charge >= 0.3 is 0 Å². The lowest BCUT2D eigenvalue weighted by Gasteiger charge is -2.21. The van der Waals surface area contributed by atoms with Gasteiger partial charge in [0.2, 0.25) is 0 Å². The normalized spacial score (nSPS) is 22.2. The van der Waals surface area contributed by atoms with Crippen molar-refractivity contribution in [1.82, 2.24) is 10.2 Å². The zero-order valence-corrected chi connectivity index (χ0v) is 15.4. The van der Waals surface area contributed by atoms with E-state index in [0.717, 1.165) is 44.6 Å². The van der Waals surface area contributed by atoms with Gasteiger partial charge in [-0.05, 0) is 67.6 Å². The molecule has 1 amide bonds. The number of rotatable bonds is 4. The molecule has 2 saturated heterocycles. The Morgan fingerprint density at radius 2 is 1.81 bits per heavy atom. The average molecular weight is 368 g/mol. The van der Waals surface area contributed by atoms with E-state index in [1.54, 1.807) is 12.1 Å². The van der Waals surface area contributed by atoms with Gasteiger partial charge in [-0.2, -0.15) is 0 Å². The van der Waals surface area contributed by atoms with E-state index in [-0.39, 0.29) is 11.7 Å². The van der Waals surface area contributed by atoms with Crippen molar-refractivity contribution in [3.05, 3.63) is 65.5 Å². The number of carbonyl (C=O) groups excluding carboxylic acids is 1. The zero-order chi connectivity index (χ0) is 18.6. The number of hydrogen-bond acceptors (Lipinski definition) is 3. The van der Waals surface area contributed by atoms with E-state index in [2.05, 4.69) is 5.32 Å². The van der Waals surface area contributed by atoms with Crippen LogP contribution in [0.5, 0.6) is 5.75 Å². The molecule has 5 heteroatoms. The zero-order valence-electron chi connectivity index (χ0n) is 15.4. The van der Waals surface area contributed by atoms with Crippen LogP contribution < -0.4 is 10.1 Å². The molecule has 27 heavy (non-hydrogen) atoms. The summed E-state index contributed by atoms with van der Waals surface area (Å²) in [4.78, 5) is 15.0. The molecule has 0 saturated carbocycles. The molecule has 0 radical (unpaired) electrons. The lowest BCUT2D eigenvalue weighted by atomic mass is 9.92. The van der Waals surface area contributed by atoms with Gasteiger partial charge in [-0.15, -0.1) is 0 Å². The number of fused-ring (bicyclic) bond motifs is 1. The fraction of sp³-hybridized carbons (Fsp3) is 0.409. The lowest BCUT2D eigenvalue weighted by molar-refractivity contribution is 0.0758. The molecule has 0 aromatic heterocycles. The highest BCUT2D eigenvalue weighted by Gasteiger charge is 2.31. The van der Waals surface area contributed by atoms with Gasteiger partial charge in [-0.3, -0.25) is 4.79 Å². The van der Waals surface area contributed by atoms with Crippen LogP contribution in [0.15, 0.2) is 48.5 Å². The fourth-order valence-electron chi connectivity index (χ4n) is 4.12. The third-order valence-corrected chi connectivity index (χ3v) is 5.68. The molecular formula is C22H25FN2O2. The van der Waals surface area contributed by atoms with E-state index < -0.39 is 0 Å². The molecule has 4 nitrogen and oxygen atoms in total. The largest absolute Gasteiger partial charge is 0.489 e. The molecule has 2 aromatic rings. The van der Waals surface area contributed by atoms with Crippen LogP contribution in [0.3, 0.4) is 0 Å². The van der Waals surface area contributed by atoms with E-state index in [1.807, 2.05) is 29.2 Å². The summed E-state index contributed by atoms with van der Waals surface area (Å²) in [6, 6.07) is 13.6. The molecular weight excluding hydrogens is 343 g/mol. The summed E-state index contributed by atoms with van der Waals surface area (Å²) in [5.74, 6) is 1.66. The van der Waals surface area contributed by atoms with E-state index in [1.165, 1.54) is 12.1 Å². The van der Waals surface area contributed by atoms with E-state index in [4.69, 9.17) is 4.74 Å². The molecule has 142 valence electrons. The highest BCUT2D eigenvalue weighted by molar-refractivity contribution is 5.94. The minimum atomic E-state index is -0.322. The van der Waals surface area contributed by atoms with Crippen LogP contribution in [-0.4, -0.2) is 37.0 Å². The number of nitrogens with one attached hydrogen (secondary N) is 1. The van der Waals surface area contributed by atoms with E-state index in [0.29, 0.717) is 29.8 Å². The third kappa shape index (κ3) is 4.30. The van der Waals surface area contributed by atoms with Crippen molar-refractivity contribution >= 4 is 5.91 Å². The maximum Gasteiger partial charge on any atom is 0.253 e. The number of ether oxygens (including phenoxy) is 1. The van der Waals surface area contributed by atoms with Crippen molar-refractivity contribution in [3.63, 3.8) is 0 Å². The van der Waals surface area contributed by atoms with Crippen LogP contribution in [0.4, 0.5) is 4.39 Å². The number of likely N-dealkylation sites (tertiary alicyclic amines) is 1. The Kier molecular flexibility index (Phi) is 5.39. The molecule has 2 aromatic carbocycles. The summed E-state index contributed by atoms with van der Waals surface area (Å²) < 4.78 is 18.9. The molecule has 4 rings (SSSR count). The fourth-order valence-corrected chi connectivity index (χ4v) is 4.12. The molecule has 0 unspecified atom stereocenters. The lowest BCUT2D eigenvalue weighted by Crippen LogP contribution is -2.32. The molecule has 0 spiro atoms. The van der Waals surface area contributed by atoms with Gasteiger partial charge in [-0.25, -0.2) is 4.39 Å². The molecule has 2 fully saturated rings. The first-order chi connectivity index (χ1) is 13.2. The van der Waals surface area contributed by atoms with Gasteiger partial charge in [0.15, 0.2) is 0 Å².